The number of aliphatic hydroxyl groups excluding tert-OH is 1. The van der Waals surface area contributed by atoms with Crippen molar-refractivity contribution in [3.8, 4) is 11.5 Å². The van der Waals surface area contributed by atoms with E-state index in [4.69, 9.17) is 14.6 Å². The Morgan fingerprint density at radius 3 is 2.46 bits per heavy atom. The lowest BCUT2D eigenvalue weighted by atomic mass is 9.43. The fourth-order valence-corrected chi connectivity index (χ4v) is 8.64. The summed E-state index contributed by atoms with van der Waals surface area (Å²) in [5, 5.41) is 41.4. The van der Waals surface area contributed by atoms with Crippen molar-refractivity contribution < 1.29 is 49.1 Å². The molecule has 0 aromatic heterocycles. The van der Waals surface area contributed by atoms with Crippen LogP contribution in [0.3, 0.4) is 0 Å². The average molecular weight is 574 g/mol. The summed E-state index contributed by atoms with van der Waals surface area (Å²) in [4.78, 5) is 49.7. The standard InChI is InChI=1S/C30H39NO10/c1-14-6-8-22-28(3,4)25(36)21(40-15(2)32)12-29(22,5)30(14)11-17-20(33)10-16-18(24(17)41-30)13-31(26(16)37)19(27(38)39)7-9-23(34)35/h10,14,19,21-22,25,33,36H,6-9,11-13H2,1-5H3,(H,34,35)(H,38,39)/t14-,19-,21-,22+,25+,29-,30+/m0/s1. The Balaban J connectivity index is 1.57. The van der Waals surface area contributed by atoms with Gasteiger partial charge in [-0.25, -0.2) is 4.79 Å². The van der Waals surface area contributed by atoms with Crippen molar-refractivity contribution in [3.63, 3.8) is 0 Å². The van der Waals surface area contributed by atoms with Gasteiger partial charge in [-0.15, -0.1) is 0 Å². The Bertz CT molecular complexity index is 1320. The van der Waals surface area contributed by atoms with E-state index in [1.807, 2.05) is 13.8 Å². The van der Waals surface area contributed by atoms with Gasteiger partial charge in [-0.05, 0) is 49.0 Å². The third-order valence-corrected chi connectivity index (χ3v) is 10.7. The normalized spacial score (nSPS) is 33.9. The second-order valence-corrected chi connectivity index (χ2v) is 13.2. The fraction of sp³-hybridized carbons (Fsp3) is 0.667. The largest absolute Gasteiger partial charge is 0.508 e. The molecule has 4 aliphatic rings. The van der Waals surface area contributed by atoms with Crippen LogP contribution in [0.25, 0.3) is 0 Å². The molecule has 5 rings (SSSR count). The van der Waals surface area contributed by atoms with E-state index in [1.54, 1.807) is 0 Å². The number of amides is 1. The average Bonchev–Trinajstić information content (AvgIpc) is 3.42. The molecule has 0 saturated heterocycles. The van der Waals surface area contributed by atoms with Gasteiger partial charge in [-0.1, -0.05) is 27.7 Å². The maximum Gasteiger partial charge on any atom is 0.326 e. The molecule has 11 nitrogen and oxygen atoms in total. The quantitative estimate of drug-likeness (QED) is 0.371. The summed E-state index contributed by atoms with van der Waals surface area (Å²) >= 11 is 0. The number of carboxylic acid groups (broad SMARTS) is 2. The van der Waals surface area contributed by atoms with Crippen LogP contribution in [0.15, 0.2) is 6.07 Å². The molecule has 2 aliphatic carbocycles. The summed E-state index contributed by atoms with van der Waals surface area (Å²) in [6.45, 7) is 9.39. The van der Waals surface area contributed by atoms with E-state index in [0.29, 0.717) is 29.7 Å². The molecule has 11 heteroatoms. The molecule has 2 saturated carbocycles. The smallest absolute Gasteiger partial charge is 0.326 e. The number of phenols is 1. The minimum absolute atomic E-state index is 0.00534. The van der Waals surface area contributed by atoms with E-state index in [9.17, 15) is 34.5 Å². The Kier molecular flexibility index (Phi) is 6.83. The number of rotatable bonds is 6. The van der Waals surface area contributed by atoms with Gasteiger partial charge < -0.3 is 34.8 Å². The van der Waals surface area contributed by atoms with Crippen molar-refractivity contribution in [2.45, 2.75) is 104 Å². The third kappa shape index (κ3) is 4.18. The molecule has 1 spiro atoms. The van der Waals surface area contributed by atoms with Crippen molar-refractivity contribution in [2.24, 2.45) is 22.7 Å². The van der Waals surface area contributed by atoms with Crippen molar-refractivity contribution in [3.05, 3.63) is 22.8 Å². The van der Waals surface area contributed by atoms with Gasteiger partial charge in [0.25, 0.3) is 5.91 Å². The molecule has 1 aromatic rings. The highest BCUT2D eigenvalue weighted by Crippen LogP contribution is 2.67. The number of benzene rings is 1. The third-order valence-electron chi connectivity index (χ3n) is 10.7. The number of ether oxygens (including phenoxy) is 2. The number of aliphatic carboxylic acids is 2. The molecule has 41 heavy (non-hydrogen) atoms. The molecule has 2 aliphatic heterocycles. The zero-order valence-corrected chi connectivity index (χ0v) is 24.1. The van der Waals surface area contributed by atoms with Crippen LogP contribution in [0.5, 0.6) is 11.5 Å². The number of hydrogen-bond acceptors (Lipinski definition) is 8. The second kappa shape index (κ2) is 9.61. The summed E-state index contributed by atoms with van der Waals surface area (Å²) in [7, 11) is 0. The SMILES string of the molecule is CC(=O)O[C@H]1C[C@@]2(C)[C@H](CC[C@H](C)[C@]23Cc2c(O)cc4c(c2O3)CN([C@@H](CCC(=O)O)C(=O)O)C4=O)C(C)(C)[C@@H]1O. The maximum atomic E-state index is 13.4. The lowest BCUT2D eigenvalue weighted by Crippen LogP contribution is -2.69. The van der Waals surface area contributed by atoms with Gasteiger partial charge in [-0.3, -0.25) is 14.4 Å². The number of esters is 1. The van der Waals surface area contributed by atoms with Crippen molar-refractivity contribution in [1.29, 1.82) is 0 Å². The molecule has 0 radical (unpaired) electrons. The molecule has 2 fully saturated rings. The highest BCUT2D eigenvalue weighted by atomic mass is 16.6. The minimum Gasteiger partial charge on any atom is -0.508 e. The van der Waals surface area contributed by atoms with Crippen molar-refractivity contribution >= 4 is 23.8 Å². The van der Waals surface area contributed by atoms with Gasteiger partial charge in [0.2, 0.25) is 0 Å². The number of hydrogen-bond donors (Lipinski definition) is 4. The van der Waals surface area contributed by atoms with E-state index in [2.05, 4.69) is 13.8 Å². The second-order valence-electron chi connectivity index (χ2n) is 13.2. The molecule has 0 bridgehead atoms. The number of carbonyl (C=O) groups excluding carboxylic acids is 2. The molecular weight excluding hydrogens is 534 g/mol. The highest BCUT2D eigenvalue weighted by Gasteiger charge is 2.69. The summed E-state index contributed by atoms with van der Waals surface area (Å²) in [5.74, 6) is -3.31. The summed E-state index contributed by atoms with van der Waals surface area (Å²) in [6.07, 6.45) is 0.0244. The van der Waals surface area contributed by atoms with Crippen molar-refractivity contribution in [1.82, 2.24) is 4.90 Å². The molecule has 4 N–H and O–H groups in total. The Morgan fingerprint density at radius 1 is 1.17 bits per heavy atom. The maximum absolute atomic E-state index is 13.4. The Morgan fingerprint density at radius 2 is 1.85 bits per heavy atom. The van der Waals surface area contributed by atoms with Crippen LogP contribution >= 0.6 is 0 Å². The van der Waals surface area contributed by atoms with E-state index in [0.717, 1.165) is 17.7 Å². The van der Waals surface area contributed by atoms with Gasteiger partial charge in [-0.2, -0.15) is 0 Å². The number of phenolic OH excluding ortho intramolecular Hbond substituents is 1. The van der Waals surface area contributed by atoms with Crippen LogP contribution in [0, 0.1) is 22.7 Å². The minimum atomic E-state index is -1.35. The molecule has 2 heterocycles. The monoisotopic (exact) mass is 573 g/mol. The number of carboxylic acids is 2. The summed E-state index contributed by atoms with van der Waals surface area (Å²) < 4.78 is 12.6. The van der Waals surface area contributed by atoms with Crippen LogP contribution in [-0.4, -0.2) is 73.0 Å². The molecule has 0 unspecified atom stereocenters. The molecule has 1 aromatic carbocycles. The molecular formula is C30H39NO10. The van der Waals surface area contributed by atoms with Gasteiger partial charge in [0, 0.05) is 36.3 Å². The Labute approximate surface area is 238 Å². The van der Waals surface area contributed by atoms with Crippen LogP contribution in [0.4, 0.5) is 0 Å². The first kappa shape index (κ1) is 29.2. The van der Waals surface area contributed by atoms with Crippen LogP contribution in [0.1, 0.15) is 88.2 Å². The van der Waals surface area contributed by atoms with Crippen LogP contribution in [-0.2, 0) is 32.1 Å². The predicted octanol–water partition coefficient (Wildman–Crippen LogP) is 3.11. The first-order valence-corrected chi connectivity index (χ1v) is 14.2. The van der Waals surface area contributed by atoms with E-state index < -0.39 is 64.9 Å². The summed E-state index contributed by atoms with van der Waals surface area (Å²) in [6, 6.07) is 0.0122. The highest BCUT2D eigenvalue weighted by molar-refractivity contribution is 6.02. The van der Waals surface area contributed by atoms with E-state index >= 15 is 0 Å². The lowest BCUT2D eigenvalue weighted by Gasteiger charge is -2.65. The zero-order valence-electron chi connectivity index (χ0n) is 24.1. The molecule has 1 amide bonds. The number of nitrogens with zero attached hydrogens (tertiary/aromatic N) is 1. The lowest BCUT2D eigenvalue weighted by molar-refractivity contribution is -0.245. The Hall–Kier alpha value is -3.34. The molecule has 224 valence electrons. The first-order valence-electron chi connectivity index (χ1n) is 14.2. The van der Waals surface area contributed by atoms with E-state index in [-0.39, 0.29) is 36.1 Å². The van der Waals surface area contributed by atoms with Crippen LogP contribution < -0.4 is 4.74 Å². The number of carbonyl (C=O) groups is 4. The zero-order chi connectivity index (χ0) is 30.2. The summed E-state index contributed by atoms with van der Waals surface area (Å²) in [5.41, 5.74) is -0.912. The van der Waals surface area contributed by atoms with Crippen LogP contribution in [0.2, 0.25) is 0 Å². The van der Waals surface area contributed by atoms with E-state index in [1.165, 1.54) is 13.0 Å². The first-order chi connectivity index (χ1) is 19.0. The molecule has 7 atom stereocenters. The van der Waals surface area contributed by atoms with Gasteiger partial charge in [0.05, 0.1) is 18.2 Å². The number of aromatic hydroxyl groups is 1. The fourth-order valence-electron chi connectivity index (χ4n) is 8.64. The number of aliphatic hydroxyl groups is 1. The van der Waals surface area contributed by atoms with Gasteiger partial charge >= 0.3 is 17.9 Å². The van der Waals surface area contributed by atoms with Gasteiger partial charge in [0.1, 0.15) is 29.2 Å². The topological polar surface area (TPSA) is 171 Å². The predicted molar refractivity (Wildman–Crippen MR) is 143 cm³/mol. The number of fused-ring (bicyclic) bond motifs is 5. The van der Waals surface area contributed by atoms with Crippen molar-refractivity contribution in [2.75, 3.05) is 0 Å². The van der Waals surface area contributed by atoms with Gasteiger partial charge in [0.15, 0.2) is 0 Å².